The van der Waals surface area contributed by atoms with E-state index in [1.807, 2.05) is 0 Å². The van der Waals surface area contributed by atoms with Crippen molar-refractivity contribution in [3.8, 4) is 11.5 Å². The fourth-order valence-electron chi connectivity index (χ4n) is 2.65. The summed E-state index contributed by atoms with van der Waals surface area (Å²) in [6.45, 7) is 0.117. The second-order valence-corrected chi connectivity index (χ2v) is 6.54. The highest BCUT2D eigenvalue weighted by Gasteiger charge is 2.37. The van der Waals surface area contributed by atoms with E-state index in [2.05, 4.69) is 5.32 Å². The van der Waals surface area contributed by atoms with Crippen molar-refractivity contribution < 1.29 is 27.8 Å². The summed E-state index contributed by atoms with van der Waals surface area (Å²) >= 11 is 5.94. The highest BCUT2D eigenvalue weighted by atomic mass is 35.5. The van der Waals surface area contributed by atoms with Gasteiger partial charge in [0.1, 0.15) is 11.3 Å². The van der Waals surface area contributed by atoms with Crippen LogP contribution in [0.1, 0.15) is 21.5 Å². The highest BCUT2D eigenvalue weighted by molar-refractivity contribution is 6.30. The van der Waals surface area contributed by atoms with Gasteiger partial charge in [0.05, 0.1) is 11.3 Å². The molecule has 3 aromatic rings. The number of carboxylic acids is 1. The van der Waals surface area contributed by atoms with Gasteiger partial charge in [0.25, 0.3) is 0 Å². The maximum Gasteiger partial charge on any atom is 0.420 e. The molecule has 0 amide bonds. The van der Waals surface area contributed by atoms with E-state index in [1.54, 1.807) is 42.5 Å². The van der Waals surface area contributed by atoms with Gasteiger partial charge in [-0.15, -0.1) is 0 Å². The molecule has 0 saturated heterocycles. The number of carboxylic acid groups (broad SMARTS) is 1. The van der Waals surface area contributed by atoms with Crippen LogP contribution in [0.3, 0.4) is 0 Å². The summed E-state index contributed by atoms with van der Waals surface area (Å²) in [5.74, 6) is -1.80. The molecule has 0 aliphatic carbocycles. The Morgan fingerprint density at radius 2 is 1.76 bits per heavy atom. The molecule has 2 N–H and O–H groups in total. The van der Waals surface area contributed by atoms with Gasteiger partial charge in [0.15, 0.2) is 5.75 Å². The van der Waals surface area contributed by atoms with E-state index in [-0.39, 0.29) is 18.0 Å². The zero-order chi connectivity index (χ0) is 21.0. The van der Waals surface area contributed by atoms with Crippen molar-refractivity contribution in [1.29, 1.82) is 0 Å². The molecule has 29 heavy (non-hydrogen) atoms. The van der Waals surface area contributed by atoms with Crippen LogP contribution in [0.25, 0.3) is 0 Å². The summed E-state index contributed by atoms with van der Waals surface area (Å²) in [5.41, 5.74) is -1.08. The van der Waals surface area contributed by atoms with Crippen LogP contribution in [0, 0.1) is 0 Å². The fraction of sp³-hybridized carbons (Fsp3) is 0.0952. The van der Waals surface area contributed by atoms with Gasteiger partial charge in [0.2, 0.25) is 0 Å². The number of anilines is 1. The number of alkyl halides is 3. The first kappa shape index (κ1) is 20.5. The smallest absolute Gasteiger partial charge is 0.420 e. The molecule has 0 spiro atoms. The third-order valence-electron chi connectivity index (χ3n) is 3.98. The van der Waals surface area contributed by atoms with Gasteiger partial charge < -0.3 is 15.2 Å². The van der Waals surface area contributed by atoms with Gasteiger partial charge in [-0.3, -0.25) is 0 Å². The Hall–Kier alpha value is -3.19. The van der Waals surface area contributed by atoms with E-state index in [1.165, 1.54) is 12.1 Å². The normalized spacial score (nSPS) is 11.2. The number of benzene rings is 3. The minimum absolute atomic E-state index is 0.0962. The molecule has 150 valence electrons. The number of hydrogen-bond donors (Lipinski definition) is 2. The molecule has 3 rings (SSSR count). The largest absolute Gasteiger partial charge is 0.478 e. The number of halogens is 4. The minimum atomic E-state index is -4.82. The first-order valence-corrected chi connectivity index (χ1v) is 8.81. The number of carbonyl (C=O) groups is 1. The maximum atomic E-state index is 13.7. The van der Waals surface area contributed by atoms with Crippen LogP contribution in [0.5, 0.6) is 11.5 Å². The van der Waals surface area contributed by atoms with Gasteiger partial charge in [0, 0.05) is 11.6 Å². The zero-order valence-corrected chi connectivity index (χ0v) is 15.6. The molecule has 0 atom stereocenters. The topological polar surface area (TPSA) is 58.6 Å². The lowest BCUT2D eigenvalue weighted by atomic mass is 10.1. The Kier molecular flexibility index (Phi) is 5.98. The molecule has 0 fully saturated rings. The molecule has 0 radical (unpaired) electrons. The van der Waals surface area contributed by atoms with Gasteiger partial charge in [-0.25, -0.2) is 4.79 Å². The lowest BCUT2D eigenvalue weighted by Gasteiger charge is -2.19. The van der Waals surface area contributed by atoms with Gasteiger partial charge in [-0.05, 0) is 42.0 Å². The van der Waals surface area contributed by atoms with Crippen LogP contribution >= 0.6 is 11.6 Å². The van der Waals surface area contributed by atoms with E-state index < -0.39 is 29.0 Å². The molecule has 3 aromatic carbocycles. The van der Waals surface area contributed by atoms with Crippen molar-refractivity contribution in [1.82, 2.24) is 0 Å². The van der Waals surface area contributed by atoms with E-state index in [4.69, 9.17) is 16.3 Å². The second-order valence-electron chi connectivity index (χ2n) is 6.10. The zero-order valence-electron chi connectivity index (χ0n) is 14.8. The van der Waals surface area contributed by atoms with Crippen LogP contribution in [0.4, 0.5) is 18.9 Å². The highest BCUT2D eigenvalue weighted by Crippen LogP contribution is 2.43. The standard InChI is InChI=1S/C21H15ClF3NO3/c22-15-6-4-5-13(9-15)12-26-18-11-14(20(27)28)10-17(21(23,24)25)19(18)29-16-7-2-1-3-8-16/h1-11,26H,12H2,(H,27,28). The Morgan fingerprint density at radius 3 is 2.38 bits per heavy atom. The van der Waals surface area contributed by atoms with Gasteiger partial charge in [-0.2, -0.15) is 13.2 Å². The number of aromatic carboxylic acids is 1. The fourth-order valence-corrected chi connectivity index (χ4v) is 2.87. The summed E-state index contributed by atoms with van der Waals surface area (Å²) in [6, 6.07) is 16.4. The molecular weight excluding hydrogens is 407 g/mol. The summed E-state index contributed by atoms with van der Waals surface area (Å²) in [4.78, 5) is 11.4. The second kappa shape index (κ2) is 8.45. The SMILES string of the molecule is O=C(O)c1cc(NCc2cccc(Cl)c2)c(Oc2ccccc2)c(C(F)(F)F)c1. The number of ether oxygens (including phenoxy) is 1. The summed E-state index contributed by atoms with van der Waals surface area (Å²) in [5, 5.41) is 12.6. The monoisotopic (exact) mass is 421 g/mol. The number of nitrogens with one attached hydrogen (secondary N) is 1. The van der Waals surface area contributed by atoms with Crippen molar-refractivity contribution in [2.24, 2.45) is 0 Å². The quantitative estimate of drug-likeness (QED) is 0.479. The van der Waals surface area contributed by atoms with Crippen LogP contribution in [-0.2, 0) is 12.7 Å². The van der Waals surface area contributed by atoms with Crippen LogP contribution in [-0.4, -0.2) is 11.1 Å². The average Bonchev–Trinajstić information content (AvgIpc) is 2.67. The van der Waals surface area contributed by atoms with Crippen molar-refractivity contribution >= 4 is 23.3 Å². The Bertz CT molecular complexity index is 1020. The molecular formula is C21H15ClF3NO3. The lowest BCUT2D eigenvalue weighted by Crippen LogP contribution is -2.12. The molecule has 0 aliphatic rings. The predicted octanol–water partition coefficient (Wildman–Crippen LogP) is 6.46. The first-order chi connectivity index (χ1) is 13.7. The van der Waals surface area contributed by atoms with Crippen molar-refractivity contribution in [2.75, 3.05) is 5.32 Å². The Morgan fingerprint density at radius 1 is 1.03 bits per heavy atom. The van der Waals surface area contributed by atoms with Crippen molar-refractivity contribution in [3.05, 3.63) is 88.4 Å². The number of rotatable bonds is 6. The van der Waals surface area contributed by atoms with E-state index in [0.29, 0.717) is 16.7 Å². The number of para-hydroxylation sites is 1. The van der Waals surface area contributed by atoms with Gasteiger partial charge >= 0.3 is 12.1 Å². The Balaban J connectivity index is 2.07. The molecule has 0 saturated carbocycles. The third kappa shape index (κ3) is 5.20. The van der Waals surface area contributed by atoms with E-state index in [0.717, 1.165) is 6.07 Å². The molecule has 0 heterocycles. The molecule has 0 bridgehead atoms. The predicted molar refractivity (Wildman–Crippen MR) is 104 cm³/mol. The summed E-state index contributed by atoms with van der Waals surface area (Å²) in [6.07, 6.45) is -4.82. The summed E-state index contributed by atoms with van der Waals surface area (Å²) in [7, 11) is 0. The minimum Gasteiger partial charge on any atom is -0.478 e. The number of hydrogen-bond acceptors (Lipinski definition) is 3. The molecule has 0 aromatic heterocycles. The maximum absolute atomic E-state index is 13.7. The average molecular weight is 422 g/mol. The first-order valence-electron chi connectivity index (χ1n) is 8.44. The molecule has 0 unspecified atom stereocenters. The van der Waals surface area contributed by atoms with Crippen LogP contribution in [0.15, 0.2) is 66.7 Å². The van der Waals surface area contributed by atoms with Gasteiger partial charge in [-0.1, -0.05) is 41.9 Å². The summed E-state index contributed by atoms with van der Waals surface area (Å²) < 4.78 is 46.5. The van der Waals surface area contributed by atoms with Crippen LogP contribution < -0.4 is 10.1 Å². The Labute approximate surface area is 169 Å². The van der Waals surface area contributed by atoms with E-state index >= 15 is 0 Å². The molecule has 8 heteroatoms. The molecule has 0 aliphatic heterocycles. The van der Waals surface area contributed by atoms with Crippen LogP contribution in [0.2, 0.25) is 5.02 Å². The molecule has 4 nitrogen and oxygen atoms in total. The van der Waals surface area contributed by atoms with Crippen molar-refractivity contribution in [2.45, 2.75) is 12.7 Å². The van der Waals surface area contributed by atoms with Crippen molar-refractivity contribution in [3.63, 3.8) is 0 Å². The third-order valence-corrected chi connectivity index (χ3v) is 4.21. The lowest BCUT2D eigenvalue weighted by molar-refractivity contribution is -0.138. The van der Waals surface area contributed by atoms with E-state index in [9.17, 15) is 23.1 Å².